The number of carbonyl (C=O) groups excluding carboxylic acids is 1. The zero-order valence-electron chi connectivity index (χ0n) is 13.3. The molecular weight excluding hydrogens is 330 g/mol. The largest absolute Gasteiger partial charge is 0.490 e. The van der Waals surface area contributed by atoms with E-state index in [0.717, 1.165) is 6.42 Å². The van der Waals surface area contributed by atoms with Crippen LogP contribution in [-0.2, 0) is 4.79 Å². The molecule has 5 nitrogen and oxygen atoms in total. The number of fused-ring (bicyclic) bond motifs is 1. The van der Waals surface area contributed by atoms with Crippen molar-refractivity contribution in [2.24, 2.45) is 0 Å². The quantitative estimate of drug-likeness (QED) is 0.911. The van der Waals surface area contributed by atoms with Gasteiger partial charge in [0.05, 0.1) is 13.2 Å². The lowest BCUT2D eigenvalue weighted by atomic mass is 10.2. The highest BCUT2D eigenvalue weighted by molar-refractivity contribution is 6.30. The summed E-state index contributed by atoms with van der Waals surface area (Å²) in [4.78, 5) is 12.3. The topological polar surface area (TPSA) is 56.8 Å². The molecule has 24 heavy (non-hydrogen) atoms. The monoisotopic (exact) mass is 347 g/mol. The van der Waals surface area contributed by atoms with Crippen LogP contribution in [0.4, 0.5) is 5.69 Å². The minimum atomic E-state index is -0.651. The molecule has 1 amide bonds. The van der Waals surface area contributed by atoms with Gasteiger partial charge in [-0.15, -0.1) is 0 Å². The van der Waals surface area contributed by atoms with Crippen molar-refractivity contribution in [2.75, 3.05) is 18.5 Å². The fourth-order valence-corrected chi connectivity index (χ4v) is 2.38. The molecular formula is C18H18ClNO4. The van der Waals surface area contributed by atoms with Crippen LogP contribution in [0.15, 0.2) is 42.5 Å². The van der Waals surface area contributed by atoms with Crippen LogP contribution < -0.4 is 19.5 Å². The maximum Gasteiger partial charge on any atom is 0.265 e. The standard InChI is InChI=1S/C18H18ClNO4/c1-12(24-15-6-3-13(19)4-7-15)18(21)20-14-5-8-16-17(11-14)23-10-2-9-22-16/h3-8,11-12H,2,9-10H2,1H3,(H,20,21)/t12-/m0/s1. The van der Waals surface area contributed by atoms with E-state index in [1.54, 1.807) is 49.4 Å². The zero-order valence-corrected chi connectivity index (χ0v) is 14.0. The van der Waals surface area contributed by atoms with E-state index in [-0.39, 0.29) is 5.91 Å². The summed E-state index contributed by atoms with van der Waals surface area (Å²) in [5.74, 6) is 1.66. The van der Waals surface area contributed by atoms with E-state index in [9.17, 15) is 4.79 Å². The first-order valence-electron chi connectivity index (χ1n) is 7.74. The molecule has 0 saturated heterocycles. The Hall–Kier alpha value is -2.40. The molecule has 1 aliphatic heterocycles. The maximum atomic E-state index is 12.3. The molecule has 2 aromatic rings. The second-order valence-electron chi connectivity index (χ2n) is 5.42. The minimum Gasteiger partial charge on any atom is -0.490 e. The lowest BCUT2D eigenvalue weighted by molar-refractivity contribution is -0.122. The van der Waals surface area contributed by atoms with Crippen molar-refractivity contribution >= 4 is 23.2 Å². The van der Waals surface area contributed by atoms with E-state index in [4.69, 9.17) is 25.8 Å². The Balaban J connectivity index is 1.63. The van der Waals surface area contributed by atoms with E-state index < -0.39 is 6.10 Å². The molecule has 1 N–H and O–H groups in total. The Morgan fingerprint density at radius 3 is 2.58 bits per heavy atom. The van der Waals surface area contributed by atoms with Gasteiger partial charge in [-0.3, -0.25) is 4.79 Å². The van der Waals surface area contributed by atoms with E-state index >= 15 is 0 Å². The summed E-state index contributed by atoms with van der Waals surface area (Å²) in [5.41, 5.74) is 0.635. The number of carbonyl (C=O) groups is 1. The molecule has 0 unspecified atom stereocenters. The number of rotatable bonds is 4. The third kappa shape index (κ3) is 4.11. The molecule has 6 heteroatoms. The molecule has 1 atom stereocenters. The molecule has 0 spiro atoms. The van der Waals surface area contributed by atoms with Crippen LogP contribution in [0.2, 0.25) is 5.02 Å². The highest BCUT2D eigenvalue weighted by atomic mass is 35.5. The highest BCUT2D eigenvalue weighted by Gasteiger charge is 2.17. The van der Waals surface area contributed by atoms with Gasteiger partial charge in [0, 0.05) is 23.2 Å². The number of hydrogen-bond acceptors (Lipinski definition) is 4. The Bertz CT molecular complexity index is 717. The van der Waals surface area contributed by atoms with Gasteiger partial charge < -0.3 is 19.5 Å². The summed E-state index contributed by atoms with van der Waals surface area (Å²) in [5, 5.41) is 3.44. The summed E-state index contributed by atoms with van der Waals surface area (Å²) in [6, 6.07) is 12.2. The molecule has 1 heterocycles. The summed E-state index contributed by atoms with van der Waals surface area (Å²) in [7, 11) is 0. The second-order valence-corrected chi connectivity index (χ2v) is 5.85. The average Bonchev–Trinajstić information content (AvgIpc) is 2.81. The summed E-state index contributed by atoms with van der Waals surface area (Å²) in [6.07, 6.45) is 0.185. The third-order valence-corrected chi connectivity index (χ3v) is 3.76. The Morgan fingerprint density at radius 2 is 1.83 bits per heavy atom. The molecule has 3 rings (SSSR count). The van der Waals surface area contributed by atoms with E-state index in [1.165, 1.54) is 0 Å². The van der Waals surface area contributed by atoms with Gasteiger partial charge in [-0.2, -0.15) is 0 Å². The molecule has 0 radical (unpaired) electrons. The Labute approximate surface area is 145 Å². The number of nitrogens with one attached hydrogen (secondary N) is 1. The molecule has 2 aromatic carbocycles. The van der Waals surface area contributed by atoms with Gasteiger partial charge in [-0.1, -0.05) is 11.6 Å². The van der Waals surface area contributed by atoms with Gasteiger partial charge in [0.2, 0.25) is 0 Å². The normalized spacial score (nSPS) is 14.4. The SMILES string of the molecule is C[C@H](Oc1ccc(Cl)cc1)C(=O)Nc1ccc2c(c1)OCCCO2. The molecule has 0 fully saturated rings. The molecule has 0 aromatic heterocycles. The van der Waals surface area contributed by atoms with Crippen molar-refractivity contribution in [3.05, 3.63) is 47.5 Å². The van der Waals surface area contributed by atoms with Gasteiger partial charge in [0.15, 0.2) is 17.6 Å². The lowest BCUT2D eigenvalue weighted by Gasteiger charge is -2.15. The van der Waals surface area contributed by atoms with Crippen molar-refractivity contribution in [1.29, 1.82) is 0 Å². The molecule has 0 saturated carbocycles. The number of amides is 1. The minimum absolute atomic E-state index is 0.251. The molecule has 126 valence electrons. The molecule has 0 aliphatic carbocycles. The van der Waals surface area contributed by atoms with Crippen molar-refractivity contribution < 1.29 is 19.0 Å². The van der Waals surface area contributed by atoms with Crippen molar-refractivity contribution in [3.63, 3.8) is 0 Å². The predicted molar refractivity (Wildman–Crippen MR) is 92.2 cm³/mol. The van der Waals surface area contributed by atoms with Gasteiger partial charge in [0.1, 0.15) is 5.75 Å². The van der Waals surface area contributed by atoms with Gasteiger partial charge in [-0.25, -0.2) is 0 Å². The Kier molecular flexibility index (Phi) is 5.11. The molecule has 0 bridgehead atoms. The van der Waals surface area contributed by atoms with Crippen LogP contribution in [0.1, 0.15) is 13.3 Å². The summed E-state index contributed by atoms with van der Waals surface area (Å²) >= 11 is 5.83. The lowest BCUT2D eigenvalue weighted by Crippen LogP contribution is -2.30. The van der Waals surface area contributed by atoms with E-state index in [1.807, 2.05) is 0 Å². The van der Waals surface area contributed by atoms with Crippen molar-refractivity contribution in [2.45, 2.75) is 19.4 Å². The van der Waals surface area contributed by atoms with Gasteiger partial charge >= 0.3 is 0 Å². The average molecular weight is 348 g/mol. The fraction of sp³-hybridized carbons (Fsp3) is 0.278. The van der Waals surface area contributed by atoms with Crippen LogP contribution in [0.5, 0.6) is 17.2 Å². The number of benzene rings is 2. The van der Waals surface area contributed by atoms with Gasteiger partial charge in [-0.05, 0) is 43.3 Å². The smallest absolute Gasteiger partial charge is 0.265 e. The van der Waals surface area contributed by atoms with Crippen LogP contribution in [0.25, 0.3) is 0 Å². The highest BCUT2D eigenvalue weighted by Crippen LogP contribution is 2.32. The van der Waals surface area contributed by atoms with Crippen LogP contribution >= 0.6 is 11.6 Å². The summed E-state index contributed by atoms with van der Waals surface area (Å²) in [6.45, 7) is 2.91. The van der Waals surface area contributed by atoms with Crippen molar-refractivity contribution in [1.82, 2.24) is 0 Å². The molecule has 1 aliphatic rings. The first-order valence-corrected chi connectivity index (χ1v) is 8.12. The second kappa shape index (κ2) is 7.45. The number of anilines is 1. The van der Waals surface area contributed by atoms with Crippen molar-refractivity contribution in [3.8, 4) is 17.2 Å². The number of ether oxygens (including phenoxy) is 3. The maximum absolute atomic E-state index is 12.3. The van der Waals surface area contributed by atoms with E-state index in [0.29, 0.717) is 41.2 Å². The third-order valence-electron chi connectivity index (χ3n) is 3.51. The number of hydrogen-bond donors (Lipinski definition) is 1. The first-order chi connectivity index (χ1) is 11.6. The first kappa shape index (κ1) is 16.5. The van der Waals surface area contributed by atoms with Gasteiger partial charge in [0.25, 0.3) is 5.91 Å². The summed E-state index contributed by atoms with van der Waals surface area (Å²) < 4.78 is 16.8. The zero-order chi connectivity index (χ0) is 16.9. The number of halogens is 1. The van der Waals surface area contributed by atoms with Crippen LogP contribution in [0.3, 0.4) is 0 Å². The predicted octanol–water partition coefficient (Wildman–Crippen LogP) is 3.91. The van der Waals surface area contributed by atoms with Crippen LogP contribution in [0, 0.1) is 0 Å². The van der Waals surface area contributed by atoms with E-state index in [2.05, 4.69) is 5.32 Å². The fourth-order valence-electron chi connectivity index (χ4n) is 2.26. The van der Waals surface area contributed by atoms with Crippen LogP contribution in [-0.4, -0.2) is 25.2 Å². The Morgan fingerprint density at radius 1 is 1.12 bits per heavy atom.